The molecule has 17 heavy (non-hydrogen) atoms. The molecule has 0 spiro atoms. The molecule has 1 aliphatic carbocycles. The van der Waals surface area contributed by atoms with E-state index in [1.807, 2.05) is 13.8 Å². The van der Waals surface area contributed by atoms with Crippen LogP contribution in [0.5, 0.6) is 0 Å². The van der Waals surface area contributed by atoms with Gasteiger partial charge in [0.15, 0.2) is 6.10 Å². The van der Waals surface area contributed by atoms with Gasteiger partial charge >= 0.3 is 5.97 Å². The Morgan fingerprint density at radius 3 is 2.65 bits per heavy atom. The summed E-state index contributed by atoms with van der Waals surface area (Å²) in [6.45, 7) is 4.14. The fraction of sp³-hybridized carbons (Fsp3) is 0.923. The topological polar surface area (TPSA) is 61.5 Å². The normalized spacial score (nSPS) is 27.2. The monoisotopic (exact) mass is 243 g/mol. The first kappa shape index (κ1) is 14.5. The Hall–Kier alpha value is -0.610. The fourth-order valence-corrected chi connectivity index (χ4v) is 2.24. The Labute approximate surface area is 104 Å². The number of hydrogen-bond acceptors (Lipinski definition) is 4. The summed E-state index contributed by atoms with van der Waals surface area (Å²) in [5.41, 5.74) is 6.08. The molecule has 0 heterocycles. The number of esters is 1. The van der Waals surface area contributed by atoms with E-state index in [-0.39, 0.29) is 18.1 Å². The number of rotatable bonds is 5. The van der Waals surface area contributed by atoms with Crippen molar-refractivity contribution in [2.75, 3.05) is 6.61 Å². The molecule has 3 atom stereocenters. The molecule has 1 saturated carbocycles. The number of carbonyl (C=O) groups is 1. The molecule has 0 aromatic carbocycles. The van der Waals surface area contributed by atoms with Crippen LogP contribution in [0, 0.1) is 0 Å². The molecule has 1 aliphatic rings. The van der Waals surface area contributed by atoms with E-state index in [9.17, 15) is 4.79 Å². The Kier molecular flexibility index (Phi) is 6.52. The molecule has 1 fully saturated rings. The number of carbonyl (C=O) groups excluding carboxylic acids is 1. The van der Waals surface area contributed by atoms with Crippen molar-refractivity contribution < 1.29 is 14.3 Å². The van der Waals surface area contributed by atoms with Crippen molar-refractivity contribution in [3.05, 3.63) is 0 Å². The summed E-state index contributed by atoms with van der Waals surface area (Å²) in [7, 11) is 0. The highest BCUT2D eigenvalue weighted by molar-refractivity contribution is 5.74. The number of nitrogens with two attached hydrogens (primary N) is 1. The van der Waals surface area contributed by atoms with E-state index in [1.54, 1.807) is 0 Å². The van der Waals surface area contributed by atoms with Gasteiger partial charge in [0.05, 0.1) is 12.7 Å². The summed E-state index contributed by atoms with van der Waals surface area (Å²) in [6.07, 6.45) is 5.65. The maximum Gasteiger partial charge on any atom is 0.335 e. The molecule has 0 radical (unpaired) electrons. The van der Waals surface area contributed by atoms with Crippen LogP contribution in [0.25, 0.3) is 0 Å². The molecule has 0 bridgehead atoms. The van der Waals surface area contributed by atoms with Crippen LogP contribution in [-0.2, 0) is 14.3 Å². The first-order valence-corrected chi connectivity index (χ1v) is 6.76. The SMILES string of the molecule is CCOC(=O)C(CC)OC1CCCCCC1N. The summed E-state index contributed by atoms with van der Waals surface area (Å²) in [5.74, 6) is -0.258. The molecule has 4 nitrogen and oxygen atoms in total. The van der Waals surface area contributed by atoms with Crippen molar-refractivity contribution >= 4 is 5.97 Å². The van der Waals surface area contributed by atoms with E-state index < -0.39 is 6.10 Å². The van der Waals surface area contributed by atoms with Crippen molar-refractivity contribution in [3.63, 3.8) is 0 Å². The van der Waals surface area contributed by atoms with E-state index in [1.165, 1.54) is 6.42 Å². The summed E-state index contributed by atoms with van der Waals surface area (Å²) in [6, 6.07) is 0.0565. The quantitative estimate of drug-likeness (QED) is 0.592. The Morgan fingerprint density at radius 1 is 1.29 bits per heavy atom. The molecule has 1 rings (SSSR count). The lowest BCUT2D eigenvalue weighted by Crippen LogP contribution is -2.40. The van der Waals surface area contributed by atoms with E-state index in [0.717, 1.165) is 25.7 Å². The minimum atomic E-state index is -0.455. The third kappa shape index (κ3) is 4.64. The second-order valence-corrected chi connectivity index (χ2v) is 4.63. The maximum atomic E-state index is 11.7. The average molecular weight is 243 g/mol. The summed E-state index contributed by atoms with van der Waals surface area (Å²) >= 11 is 0. The molecule has 0 aromatic rings. The zero-order chi connectivity index (χ0) is 12.7. The second-order valence-electron chi connectivity index (χ2n) is 4.63. The van der Waals surface area contributed by atoms with E-state index in [0.29, 0.717) is 13.0 Å². The average Bonchev–Trinajstić information content (AvgIpc) is 2.51. The largest absolute Gasteiger partial charge is 0.464 e. The van der Waals surface area contributed by atoms with Gasteiger partial charge in [0.1, 0.15) is 0 Å². The molecule has 0 amide bonds. The molecular weight excluding hydrogens is 218 g/mol. The van der Waals surface area contributed by atoms with Crippen LogP contribution >= 0.6 is 0 Å². The molecule has 0 aliphatic heterocycles. The Balaban J connectivity index is 2.50. The zero-order valence-corrected chi connectivity index (χ0v) is 11.0. The van der Waals surface area contributed by atoms with Crippen LogP contribution in [0.2, 0.25) is 0 Å². The Bertz CT molecular complexity index is 233. The highest BCUT2D eigenvalue weighted by Crippen LogP contribution is 2.21. The third-order valence-electron chi connectivity index (χ3n) is 3.26. The van der Waals surface area contributed by atoms with Gasteiger partial charge in [-0.1, -0.05) is 26.2 Å². The molecular formula is C13H25NO3. The molecule has 0 aromatic heterocycles. The first-order valence-electron chi connectivity index (χ1n) is 6.76. The van der Waals surface area contributed by atoms with Crippen LogP contribution < -0.4 is 5.73 Å². The predicted molar refractivity (Wildman–Crippen MR) is 66.6 cm³/mol. The maximum absolute atomic E-state index is 11.7. The summed E-state index contributed by atoms with van der Waals surface area (Å²) in [5, 5.41) is 0. The predicted octanol–water partition coefficient (Wildman–Crippen LogP) is 2.00. The lowest BCUT2D eigenvalue weighted by atomic mass is 10.1. The lowest BCUT2D eigenvalue weighted by Gasteiger charge is -2.26. The minimum absolute atomic E-state index is 0.00635. The standard InChI is InChI=1S/C13H25NO3/c1-3-11(13(15)16-4-2)17-12-9-7-5-6-8-10(12)14/h10-12H,3-9,14H2,1-2H3. The fourth-order valence-electron chi connectivity index (χ4n) is 2.24. The van der Waals surface area contributed by atoms with Gasteiger partial charge in [0, 0.05) is 6.04 Å². The summed E-state index contributed by atoms with van der Waals surface area (Å²) < 4.78 is 10.8. The van der Waals surface area contributed by atoms with Gasteiger partial charge in [-0.25, -0.2) is 4.79 Å². The zero-order valence-electron chi connectivity index (χ0n) is 11.0. The molecule has 4 heteroatoms. The van der Waals surface area contributed by atoms with Crippen molar-refractivity contribution in [2.45, 2.75) is 70.6 Å². The molecule has 2 N–H and O–H groups in total. The van der Waals surface area contributed by atoms with Gasteiger partial charge in [0.25, 0.3) is 0 Å². The van der Waals surface area contributed by atoms with Gasteiger partial charge in [0.2, 0.25) is 0 Å². The first-order chi connectivity index (χ1) is 8.19. The van der Waals surface area contributed by atoms with Gasteiger partial charge in [-0.15, -0.1) is 0 Å². The molecule has 0 saturated heterocycles. The Morgan fingerprint density at radius 2 is 2.00 bits per heavy atom. The number of hydrogen-bond donors (Lipinski definition) is 1. The highest BCUT2D eigenvalue weighted by Gasteiger charge is 2.27. The van der Waals surface area contributed by atoms with Crippen molar-refractivity contribution in [1.29, 1.82) is 0 Å². The van der Waals surface area contributed by atoms with Crippen LogP contribution in [0.4, 0.5) is 0 Å². The van der Waals surface area contributed by atoms with Crippen LogP contribution in [0.1, 0.15) is 52.4 Å². The van der Waals surface area contributed by atoms with Gasteiger partial charge < -0.3 is 15.2 Å². The third-order valence-corrected chi connectivity index (χ3v) is 3.26. The second kappa shape index (κ2) is 7.67. The van der Waals surface area contributed by atoms with Crippen molar-refractivity contribution in [2.24, 2.45) is 5.73 Å². The smallest absolute Gasteiger partial charge is 0.335 e. The van der Waals surface area contributed by atoms with Crippen LogP contribution in [-0.4, -0.2) is 30.8 Å². The van der Waals surface area contributed by atoms with E-state index in [2.05, 4.69) is 0 Å². The van der Waals surface area contributed by atoms with E-state index in [4.69, 9.17) is 15.2 Å². The molecule has 3 unspecified atom stereocenters. The van der Waals surface area contributed by atoms with Crippen LogP contribution in [0.3, 0.4) is 0 Å². The summed E-state index contributed by atoms with van der Waals surface area (Å²) in [4.78, 5) is 11.7. The van der Waals surface area contributed by atoms with Crippen molar-refractivity contribution in [3.8, 4) is 0 Å². The van der Waals surface area contributed by atoms with Gasteiger partial charge in [-0.3, -0.25) is 0 Å². The lowest BCUT2D eigenvalue weighted by molar-refractivity contribution is -0.161. The number of ether oxygens (including phenoxy) is 2. The molecule has 100 valence electrons. The highest BCUT2D eigenvalue weighted by atomic mass is 16.6. The van der Waals surface area contributed by atoms with Crippen molar-refractivity contribution in [1.82, 2.24) is 0 Å². The van der Waals surface area contributed by atoms with Gasteiger partial charge in [-0.05, 0) is 26.2 Å². The minimum Gasteiger partial charge on any atom is -0.464 e. The van der Waals surface area contributed by atoms with Crippen LogP contribution in [0.15, 0.2) is 0 Å². The van der Waals surface area contributed by atoms with Gasteiger partial charge in [-0.2, -0.15) is 0 Å². The van der Waals surface area contributed by atoms with E-state index >= 15 is 0 Å².